The zero-order valence-corrected chi connectivity index (χ0v) is 9.10. The van der Waals surface area contributed by atoms with Crippen LogP contribution in [0.15, 0.2) is 0 Å². The van der Waals surface area contributed by atoms with Crippen LogP contribution in [0.4, 0.5) is 0 Å². The molecule has 0 aromatic rings. The molecule has 0 aliphatic heterocycles. The molecule has 0 bridgehead atoms. The molecule has 0 saturated carbocycles. The van der Waals surface area contributed by atoms with Gasteiger partial charge in [-0.05, 0) is 30.1 Å². The summed E-state index contributed by atoms with van der Waals surface area (Å²) in [6.07, 6.45) is 0. The molecule has 0 aromatic heterocycles. The van der Waals surface area contributed by atoms with Crippen LogP contribution in [0.3, 0.4) is 0 Å². The fraction of sp³-hybridized carbons (Fsp3) is 1.00. The average Bonchev–Trinajstić information content (AvgIpc) is 1.39. The largest absolute Gasteiger partial charge is 0.284 e. The third kappa shape index (κ3) is 171. The molecule has 0 aliphatic carbocycles. The summed E-state index contributed by atoms with van der Waals surface area (Å²) >= 11 is 0. The maximum Gasteiger partial charge on any atom is 0 e. The second kappa shape index (κ2) is 40.6. The number of hydrogen-bond acceptors (Lipinski definition) is 2. The van der Waals surface area contributed by atoms with E-state index in [-0.39, 0.29) is 40.1 Å². The summed E-state index contributed by atoms with van der Waals surface area (Å²) in [5, 5.41) is 12.4. The van der Waals surface area contributed by atoms with Gasteiger partial charge in [0, 0.05) is 32.7 Å². The molecular formula is C3H12N2P2Y. The molecular weight excluding hydrogens is 215 g/mol. The molecule has 47 valence electrons. The van der Waals surface area contributed by atoms with Gasteiger partial charge in [0.15, 0.2) is 0 Å². The van der Waals surface area contributed by atoms with Crippen LogP contribution < -0.4 is 0 Å². The first-order valence-electron chi connectivity index (χ1n) is 1.34. The molecule has 2 nitrogen and oxygen atoms in total. The molecule has 0 atom stereocenters. The molecule has 5 heteroatoms. The van der Waals surface area contributed by atoms with E-state index in [0.29, 0.717) is 16.7 Å². The van der Waals surface area contributed by atoms with E-state index >= 15 is 0 Å². The number of nitrogens with one attached hydrogen (secondary N) is 2. The van der Waals surface area contributed by atoms with E-state index in [1.165, 1.54) is 0 Å². The van der Waals surface area contributed by atoms with Gasteiger partial charge in [-0.25, -0.2) is 0 Å². The van der Waals surface area contributed by atoms with Gasteiger partial charge in [-0.2, -0.15) is 0 Å². The molecule has 1 radical (unpaired) electrons. The standard InChI is InChI=1S/2CH4NP.CH4.Y/c2*1-3-2;;/h2*2H,1H3;1H4;. The molecule has 0 amide bonds. The summed E-state index contributed by atoms with van der Waals surface area (Å²) in [7, 11) is 1.33. The van der Waals surface area contributed by atoms with Crippen molar-refractivity contribution in [3.05, 3.63) is 0 Å². The van der Waals surface area contributed by atoms with E-state index in [0.717, 1.165) is 0 Å². The van der Waals surface area contributed by atoms with Crippen LogP contribution in [0.5, 0.6) is 0 Å². The third-order valence-electron chi connectivity index (χ3n) is 0. The Morgan fingerprint density at radius 3 is 1.00 bits per heavy atom. The van der Waals surface area contributed by atoms with Gasteiger partial charge in [-0.3, -0.25) is 10.3 Å². The van der Waals surface area contributed by atoms with Crippen molar-refractivity contribution in [2.24, 2.45) is 0 Å². The molecule has 8 heavy (non-hydrogen) atoms. The van der Waals surface area contributed by atoms with Gasteiger partial charge in [0.25, 0.3) is 0 Å². The summed E-state index contributed by atoms with van der Waals surface area (Å²) in [5.74, 6) is 0. The Hall–Kier alpha value is 1.30. The van der Waals surface area contributed by atoms with Crippen molar-refractivity contribution < 1.29 is 32.7 Å². The van der Waals surface area contributed by atoms with Crippen LogP contribution in [-0.4, -0.2) is 13.3 Å². The molecule has 0 unspecified atom stereocenters. The molecule has 0 fully saturated rings. The molecule has 0 aromatic carbocycles. The van der Waals surface area contributed by atoms with Gasteiger partial charge in [0.05, 0.1) is 0 Å². The van der Waals surface area contributed by atoms with Gasteiger partial charge in [-0.15, -0.1) is 0 Å². The molecule has 0 heterocycles. The van der Waals surface area contributed by atoms with Gasteiger partial charge < -0.3 is 0 Å². The van der Waals surface area contributed by atoms with Crippen molar-refractivity contribution in [3.63, 3.8) is 0 Å². The Balaban J connectivity index is -0.0000000160. The van der Waals surface area contributed by atoms with E-state index < -0.39 is 0 Å². The van der Waals surface area contributed by atoms with E-state index in [4.69, 9.17) is 10.3 Å². The van der Waals surface area contributed by atoms with E-state index in [1.807, 2.05) is 0 Å². The van der Waals surface area contributed by atoms with Crippen molar-refractivity contribution in [1.82, 2.24) is 0 Å². The van der Waals surface area contributed by atoms with Gasteiger partial charge >= 0.3 is 0 Å². The minimum absolute atomic E-state index is 0. The van der Waals surface area contributed by atoms with Gasteiger partial charge in [0.1, 0.15) is 0 Å². The van der Waals surface area contributed by atoms with E-state index in [1.54, 1.807) is 13.3 Å². The SMILES string of the molecule is C.CP=N.CP=N.[Y]. The first-order chi connectivity index (χ1) is 2.83. The minimum atomic E-state index is 0. The van der Waals surface area contributed by atoms with Crippen LogP contribution >= 0.6 is 16.7 Å². The first-order valence-corrected chi connectivity index (χ1v) is 4.02. The maximum atomic E-state index is 6.18. The smallest absolute Gasteiger partial charge is 0 e. The Kier molecular flexibility index (Phi) is 116. The number of rotatable bonds is 0. The quantitative estimate of drug-likeness (QED) is 0.596. The average molecular weight is 227 g/mol. The third-order valence-corrected chi connectivity index (χ3v) is 0. The summed E-state index contributed by atoms with van der Waals surface area (Å²) in [5.41, 5.74) is 0. The predicted octanol–water partition coefficient (Wildman–Crippen LogP) is 3.28. The fourth-order valence-corrected chi connectivity index (χ4v) is 0. The van der Waals surface area contributed by atoms with Gasteiger partial charge in [0.2, 0.25) is 0 Å². The zero-order valence-electron chi connectivity index (χ0n) is 4.47. The van der Waals surface area contributed by atoms with E-state index in [9.17, 15) is 0 Å². The Bertz CT molecular complexity index is 36.3. The molecule has 0 spiro atoms. The van der Waals surface area contributed by atoms with Crippen LogP contribution in [0.2, 0.25) is 0 Å². The van der Waals surface area contributed by atoms with Crippen LogP contribution in [0, 0.1) is 10.3 Å². The van der Waals surface area contributed by atoms with E-state index in [2.05, 4.69) is 0 Å². The van der Waals surface area contributed by atoms with Crippen molar-refractivity contribution in [2.75, 3.05) is 13.3 Å². The normalized spacial score (nSPS) is 5.25. The number of hydrogen-bond donors (Lipinski definition) is 2. The Morgan fingerprint density at radius 2 is 1.00 bits per heavy atom. The second-order valence-corrected chi connectivity index (χ2v) is 1.34. The maximum absolute atomic E-state index is 6.18. The summed E-state index contributed by atoms with van der Waals surface area (Å²) in [6, 6.07) is 0. The van der Waals surface area contributed by atoms with Crippen molar-refractivity contribution in [1.29, 1.82) is 10.3 Å². The summed E-state index contributed by atoms with van der Waals surface area (Å²) in [4.78, 5) is 0. The van der Waals surface area contributed by atoms with Gasteiger partial charge in [-0.1, -0.05) is 7.43 Å². The van der Waals surface area contributed by atoms with Crippen molar-refractivity contribution in [2.45, 2.75) is 7.43 Å². The monoisotopic (exact) mass is 227 g/mol. The van der Waals surface area contributed by atoms with Crippen molar-refractivity contribution in [3.8, 4) is 0 Å². The summed E-state index contributed by atoms with van der Waals surface area (Å²) < 4.78 is 0. The Morgan fingerprint density at radius 1 is 1.00 bits per heavy atom. The first kappa shape index (κ1) is 22.8. The van der Waals surface area contributed by atoms with Crippen LogP contribution in [-0.2, 0) is 32.7 Å². The molecule has 0 saturated heterocycles. The van der Waals surface area contributed by atoms with Crippen LogP contribution in [0.1, 0.15) is 7.43 Å². The predicted molar refractivity (Wildman–Crippen MR) is 37.9 cm³/mol. The fourth-order valence-electron chi connectivity index (χ4n) is 0. The van der Waals surface area contributed by atoms with Crippen LogP contribution in [0.25, 0.3) is 0 Å². The Labute approximate surface area is 80.1 Å². The second-order valence-electron chi connectivity index (χ2n) is 0.447. The van der Waals surface area contributed by atoms with Crippen molar-refractivity contribution >= 4 is 16.7 Å². The topological polar surface area (TPSA) is 47.7 Å². The molecule has 2 N–H and O–H groups in total. The summed E-state index contributed by atoms with van der Waals surface area (Å²) in [6.45, 7) is 3.53. The zero-order chi connectivity index (χ0) is 5.41. The minimum Gasteiger partial charge on any atom is -0.284 e. The molecule has 0 aliphatic rings. The molecule has 0 rings (SSSR count).